The summed E-state index contributed by atoms with van der Waals surface area (Å²) in [6.45, 7) is 0. The second kappa shape index (κ2) is 7.01. The molecule has 0 bridgehead atoms. The number of nitrogens with zero attached hydrogens (tertiary/aromatic N) is 1. The number of para-hydroxylation sites is 1. The number of carbonyl (C=O) groups excluding carboxylic acids is 1. The van der Waals surface area contributed by atoms with Gasteiger partial charge in [-0.25, -0.2) is 0 Å². The number of nitrogens with one attached hydrogen (secondary N) is 1. The van der Waals surface area contributed by atoms with Crippen molar-refractivity contribution >= 4 is 34.4 Å². The van der Waals surface area contributed by atoms with Gasteiger partial charge in [-0.3, -0.25) is 19.4 Å². The van der Waals surface area contributed by atoms with E-state index in [4.69, 9.17) is 0 Å². The van der Waals surface area contributed by atoms with Crippen molar-refractivity contribution in [2.75, 3.05) is 5.32 Å². The van der Waals surface area contributed by atoms with Gasteiger partial charge in [0, 0.05) is 5.39 Å². The van der Waals surface area contributed by atoms with Crippen molar-refractivity contribution in [2.45, 2.75) is 18.8 Å². The number of carbonyl (C=O) groups is 3. The summed E-state index contributed by atoms with van der Waals surface area (Å²) in [7, 11) is 0. The highest BCUT2D eigenvalue weighted by atomic mass is 16.4. The third-order valence-electron chi connectivity index (χ3n) is 5.47. The molecule has 0 spiro atoms. The highest BCUT2D eigenvalue weighted by molar-refractivity contribution is 6.03. The lowest BCUT2D eigenvalue weighted by Crippen LogP contribution is -2.47. The molecule has 3 N–H and O–H groups in total. The van der Waals surface area contributed by atoms with E-state index >= 15 is 0 Å². The van der Waals surface area contributed by atoms with Gasteiger partial charge in [-0.2, -0.15) is 0 Å². The minimum atomic E-state index is -2.04. The molecule has 1 aliphatic carbocycles. The van der Waals surface area contributed by atoms with Crippen LogP contribution < -0.4 is 5.32 Å². The van der Waals surface area contributed by atoms with Gasteiger partial charge in [0.15, 0.2) is 5.41 Å². The predicted octanol–water partition coefficient (Wildman–Crippen LogP) is 3.06. The SMILES string of the molecule is O=C(Nc1cnc2ccccc2c1)C1CC(C(=O)O)(C(=O)O)Cc2ccccc21. The molecule has 1 atom stereocenters. The molecule has 1 aliphatic rings. The maximum absolute atomic E-state index is 13.1. The number of amides is 1. The largest absolute Gasteiger partial charge is 0.480 e. The number of fused-ring (bicyclic) bond motifs is 2. The molecule has 3 aromatic rings. The lowest BCUT2D eigenvalue weighted by molar-refractivity contribution is -0.166. The highest BCUT2D eigenvalue weighted by Gasteiger charge is 2.52. The van der Waals surface area contributed by atoms with Crippen LogP contribution in [0.5, 0.6) is 0 Å². The van der Waals surface area contributed by atoms with Crippen molar-refractivity contribution in [3.8, 4) is 0 Å². The van der Waals surface area contributed by atoms with Crippen molar-refractivity contribution in [1.82, 2.24) is 4.98 Å². The second-order valence-electron chi connectivity index (χ2n) is 7.23. The molecule has 1 aromatic heterocycles. The fourth-order valence-corrected chi connectivity index (χ4v) is 3.91. The number of carboxylic acids is 2. The standard InChI is InChI=1S/C22H18N2O5/c25-19(24-15-9-13-5-2-4-8-18(13)23-12-15)17-11-22(20(26)27,21(28)29)10-14-6-1-3-7-16(14)17/h1-9,12,17H,10-11H2,(H,24,25)(H,26,27)(H,28,29). The summed E-state index contributed by atoms with van der Waals surface area (Å²) >= 11 is 0. The Kier molecular flexibility index (Phi) is 4.50. The molecule has 1 amide bonds. The zero-order valence-electron chi connectivity index (χ0n) is 15.3. The molecule has 0 saturated carbocycles. The summed E-state index contributed by atoms with van der Waals surface area (Å²) in [4.78, 5) is 41.1. The van der Waals surface area contributed by atoms with Crippen molar-refractivity contribution in [3.63, 3.8) is 0 Å². The average molecular weight is 390 g/mol. The molecule has 29 heavy (non-hydrogen) atoms. The van der Waals surface area contributed by atoms with Crippen LogP contribution in [0.1, 0.15) is 23.5 Å². The van der Waals surface area contributed by atoms with Gasteiger partial charge in [0.25, 0.3) is 0 Å². The Balaban J connectivity index is 1.70. The molecular weight excluding hydrogens is 372 g/mol. The van der Waals surface area contributed by atoms with Crippen molar-refractivity contribution in [2.24, 2.45) is 5.41 Å². The normalized spacial score (nSPS) is 17.3. The van der Waals surface area contributed by atoms with E-state index in [0.29, 0.717) is 16.8 Å². The monoisotopic (exact) mass is 390 g/mol. The Bertz CT molecular complexity index is 1130. The number of rotatable bonds is 4. The Morgan fingerprint density at radius 1 is 1.00 bits per heavy atom. The van der Waals surface area contributed by atoms with Gasteiger partial charge < -0.3 is 15.5 Å². The van der Waals surface area contributed by atoms with Crippen LogP contribution in [0, 0.1) is 5.41 Å². The first-order valence-electron chi connectivity index (χ1n) is 9.11. The average Bonchev–Trinajstić information content (AvgIpc) is 2.72. The number of carboxylic acid groups (broad SMARTS) is 2. The Labute approximate surface area is 166 Å². The van der Waals surface area contributed by atoms with E-state index in [1.807, 2.05) is 24.3 Å². The fraction of sp³-hybridized carbons (Fsp3) is 0.182. The van der Waals surface area contributed by atoms with Crippen LogP contribution in [-0.4, -0.2) is 33.0 Å². The molecule has 0 saturated heterocycles. The molecule has 7 heteroatoms. The van der Waals surface area contributed by atoms with Crippen molar-refractivity contribution in [1.29, 1.82) is 0 Å². The van der Waals surface area contributed by atoms with Crippen LogP contribution in [-0.2, 0) is 20.8 Å². The summed E-state index contributed by atoms with van der Waals surface area (Å²) < 4.78 is 0. The molecule has 0 aliphatic heterocycles. The summed E-state index contributed by atoms with van der Waals surface area (Å²) in [5.41, 5.74) is 0.410. The molecule has 1 unspecified atom stereocenters. The van der Waals surface area contributed by atoms with Gasteiger partial charge in [-0.15, -0.1) is 0 Å². The molecule has 146 valence electrons. The van der Waals surface area contributed by atoms with Gasteiger partial charge in [0.2, 0.25) is 5.91 Å². The van der Waals surface area contributed by atoms with Gasteiger partial charge >= 0.3 is 11.9 Å². The summed E-state index contributed by atoms with van der Waals surface area (Å²) in [5, 5.41) is 23.0. The van der Waals surface area contributed by atoms with E-state index in [2.05, 4.69) is 10.3 Å². The van der Waals surface area contributed by atoms with Crippen LogP contribution in [0.3, 0.4) is 0 Å². The smallest absolute Gasteiger partial charge is 0.321 e. The summed E-state index contributed by atoms with van der Waals surface area (Å²) in [6, 6.07) is 16.1. The lowest BCUT2D eigenvalue weighted by atomic mass is 9.66. The van der Waals surface area contributed by atoms with Crippen molar-refractivity contribution in [3.05, 3.63) is 71.9 Å². The van der Waals surface area contributed by atoms with E-state index < -0.39 is 29.2 Å². The predicted molar refractivity (Wildman–Crippen MR) is 106 cm³/mol. The first-order chi connectivity index (χ1) is 13.9. The molecule has 0 fully saturated rings. The van der Waals surface area contributed by atoms with Gasteiger partial charge in [0.1, 0.15) is 0 Å². The third kappa shape index (κ3) is 3.20. The Hall–Kier alpha value is -3.74. The molecule has 7 nitrogen and oxygen atoms in total. The number of hydrogen-bond donors (Lipinski definition) is 3. The summed E-state index contributed by atoms with van der Waals surface area (Å²) in [6.07, 6.45) is 1.05. The molecule has 2 aromatic carbocycles. The van der Waals surface area contributed by atoms with E-state index in [0.717, 1.165) is 10.9 Å². The number of aromatic nitrogens is 1. The minimum absolute atomic E-state index is 0.158. The maximum atomic E-state index is 13.1. The topological polar surface area (TPSA) is 117 Å². The number of hydrogen-bond acceptors (Lipinski definition) is 4. The Morgan fingerprint density at radius 3 is 2.45 bits per heavy atom. The zero-order chi connectivity index (χ0) is 20.6. The van der Waals surface area contributed by atoms with E-state index in [-0.39, 0.29) is 12.8 Å². The molecular formula is C22H18N2O5. The lowest BCUT2D eigenvalue weighted by Gasteiger charge is -2.35. The number of aliphatic carboxylic acids is 2. The minimum Gasteiger partial charge on any atom is -0.480 e. The van der Waals surface area contributed by atoms with E-state index in [1.165, 1.54) is 6.20 Å². The number of pyridine rings is 1. The van der Waals surface area contributed by atoms with Crippen LogP contribution in [0.15, 0.2) is 60.8 Å². The van der Waals surface area contributed by atoms with Gasteiger partial charge in [-0.1, -0.05) is 42.5 Å². The van der Waals surface area contributed by atoms with E-state index in [1.54, 1.807) is 30.3 Å². The highest BCUT2D eigenvalue weighted by Crippen LogP contribution is 2.43. The quantitative estimate of drug-likeness (QED) is 0.590. The van der Waals surface area contributed by atoms with Crippen LogP contribution in [0.4, 0.5) is 5.69 Å². The molecule has 4 rings (SSSR count). The molecule has 0 radical (unpaired) electrons. The van der Waals surface area contributed by atoms with Crippen molar-refractivity contribution < 1.29 is 24.6 Å². The fourth-order valence-electron chi connectivity index (χ4n) is 3.91. The van der Waals surface area contributed by atoms with Gasteiger partial charge in [0.05, 0.1) is 23.3 Å². The van der Waals surface area contributed by atoms with Gasteiger partial charge in [-0.05, 0) is 36.1 Å². The van der Waals surface area contributed by atoms with Crippen LogP contribution >= 0.6 is 0 Å². The summed E-state index contributed by atoms with van der Waals surface area (Å²) in [5.74, 6) is -4.24. The van der Waals surface area contributed by atoms with E-state index in [9.17, 15) is 24.6 Å². The second-order valence-corrected chi connectivity index (χ2v) is 7.23. The number of anilines is 1. The third-order valence-corrected chi connectivity index (χ3v) is 5.47. The van der Waals surface area contributed by atoms with Crippen LogP contribution in [0.2, 0.25) is 0 Å². The Morgan fingerprint density at radius 2 is 1.69 bits per heavy atom. The first kappa shape index (κ1) is 18.6. The number of benzene rings is 2. The molecule has 1 heterocycles. The van der Waals surface area contributed by atoms with Crippen LogP contribution in [0.25, 0.3) is 10.9 Å². The zero-order valence-corrected chi connectivity index (χ0v) is 15.3. The first-order valence-corrected chi connectivity index (χ1v) is 9.11. The maximum Gasteiger partial charge on any atom is 0.321 e.